The fraction of sp³-hybridized carbons (Fsp3) is 0. The lowest BCUT2D eigenvalue weighted by atomic mass is 10.0. The number of halogens is 1. The van der Waals surface area contributed by atoms with E-state index in [1.807, 2.05) is 30.3 Å². The van der Waals surface area contributed by atoms with Crippen molar-refractivity contribution in [3.63, 3.8) is 0 Å². The van der Waals surface area contributed by atoms with Gasteiger partial charge in [-0.05, 0) is 29.8 Å². The Balaban J connectivity index is 2.06. The molecule has 98 valence electrons. The highest BCUT2D eigenvalue weighted by Gasteiger charge is 2.08. The number of benzene rings is 3. The first-order valence-electron chi connectivity index (χ1n) is 6.50. The van der Waals surface area contributed by atoms with Crippen LogP contribution in [0.15, 0.2) is 83.3 Å². The zero-order valence-corrected chi connectivity index (χ0v) is 12.5. The molecule has 0 saturated heterocycles. The lowest BCUT2D eigenvalue weighted by Gasteiger charge is -2.14. The van der Waals surface area contributed by atoms with Crippen molar-refractivity contribution in [2.24, 2.45) is 0 Å². The van der Waals surface area contributed by atoms with Gasteiger partial charge >= 0.3 is 0 Å². The SMILES string of the molecule is Brc1cccc(Nc2ccccc2)c1-c1ccccc1. The van der Waals surface area contributed by atoms with Gasteiger partial charge in [0.1, 0.15) is 0 Å². The third kappa shape index (κ3) is 2.75. The third-order valence-corrected chi connectivity index (χ3v) is 3.79. The van der Waals surface area contributed by atoms with Crippen molar-refractivity contribution in [3.05, 3.63) is 83.3 Å². The Kier molecular flexibility index (Phi) is 3.84. The number of nitrogens with one attached hydrogen (secondary N) is 1. The molecule has 1 N–H and O–H groups in total. The Hall–Kier alpha value is -2.06. The summed E-state index contributed by atoms with van der Waals surface area (Å²) in [7, 11) is 0. The average Bonchev–Trinajstić information content (AvgIpc) is 2.49. The Morgan fingerprint density at radius 3 is 2.00 bits per heavy atom. The van der Waals surface area contributed by atoms with Gasteiger partial charge in [0, 0.05) is 21.4 Å². The van der Waals surface area contributed by atoms with Crippen LogP contribution >= 0.6 is 15.9 Å². The number of rotatable bonds is 3. The number of hydrogen-bond donors (Lipinski definition) is 1. The van der Waals surface area contributed by atoms with Crippen molar-refractivity contribution >= 4 is 27.3 Å². The Bertz CT molecular complexity index is 693. The van der Waals surface area contributed by atoms with Crippen LogP contribution in [-0.4, -0.2) is 0 Å². The monoisotopic (exact) mass is 323 g/mol. The van der Waals surface area contributed by atoms with E-state index in [1.165, 1.54) is 11.1 Å². The van der Waals surface area contributed by atoms with Gasteiger partial charge in [0.15, 0.2) is 0 Å². The molecular formula is C18H14BrN. The molecule has 1 nitrogen and oxygen atoms in total. The second-order valence-electron chi connectivity index (χ2n) is 4.52. The van der Waals surface area contributed by atoms with Crippen molar-refractivity contribution in [2.75, 3.05) is 5.32 Å². The molecule has 3 aromatic carbocycles. The van der Waals surface area contributed by atoms with Crippen molar-refractivity contribution in [1.29, 1.82) is 0 Å². The molecule has 0 unspecified atom stereocenters. The minimum atomic E-state index is 1.09. The van der Waals surface area contributed by atoms with Gasteiger partial charge in [-0.2, -0.15) is 0 Å². The minimum Gasteiger partial charge on any atom is -0.355 e. The van der Waals surface area contributed by atoms with Crippen molar-refractivity contribution < 1.29 is 0 Å². The molecule has 0 amide bonds. The first kappa shape index (κ1) is 12.9. The van der Waals surface area contributed by atoms with E-state index in [4.69, 9.17) is 0 Å². The zero-order valence-electron chi connectivity index (χ0n) is 10.9. The van der Waals surface area contributed by atoms with E-state index in [2.05, 4.69) is 69.8 Å². The second kappa shape index (κ2) is 5.93. The van der Waals surface area contributed by atoms with Crippen LogP contribution in [0, 0.1) is 0 Å². The summed E-state index contributed by atoms with van der Waals surface area (Å²) in [6.07, 6.45) is 0. The largest absolute Gasteiger partial charge is 0.355 e. The standard InChI is InChI=1S/C18H14BrN/c19-16-12-7-13-17(20-15-10-5-2-6-11-15)18(16)14-8-3-1-4-9-14/h1-13,20H. The molecule has 0 aliphatic carbocycles. The van der Waals surface area contributed by atoms with Crippen LogP contribution in [0.2, 0.25) is 0 Å². The molecule has 0 aliphatic heterocycles. The summed E-state index contributed by atoms with van der Waals surface area (Å²) in [5, 5.41) is 3.48. The molecule has 0 fully saturated rings. The molecule has 3 aromatic rings. The van der Waals surface area contributed by atoms with E-state index in [1.54, 1.807) is 0 Å². The lowest BCUT2D eigenvalue weighted by molar-refractivity contribution is 1.51. The van der Waals surface area contributed by atoms with Crippen molar-refractivity contribution in [3.8, 4) is 11.1 Å². The molecule has 2 heteroatoms. The lowest BCUT2D eigenvalue weighted by Crippen LogP contribution is -1.93. The van der Waals surface area contributed by atoms with Crippen LogP contribution in [0.25, 0.3) is 11.1 Å². The predicted molar refractivity (Wildman–Crippen MR) is 89.3 cm³/mol. The van der Waals surface area contributed by atoms with Crippen molar-refractivity contribution in [2.45, 2.75) is 0 Å². The summed E-state index contributed by atoms with van der Waals surface area (Å²) in [6, 6.07) is 26.8. The van der Waals surface area contributed by atoms with Gasteiger partial charge in [0.2, 0.25) is 0 Å². The average molecular weight is 324 g/mol. The van der Waals surface area contributed by atoms with E-state index >= 15 is 0 Å². The first-order chi connectivity index (χ1) is 9.84. The van der Waals surface area contributed by atoms with Gasteiger partial charge in [-0.3, -0.25) is 0 Å². The summed E-state index contributed by atoms with van der Waals surface area (Å²) >= 11 is 3.66. The van der Waals surface area contributed by atoms with Gasteiger partial charge < -0.3 is 5.32 Å². The predicted octanol–water partition coefficient (Wildman–Crippen LogP) is 5.86. The molecule has 0 saturated carbocycles. The Labute approximate surface area is 127 Å². The van der Waals surface area contributed by atoms with Crippen LogP contribution in [0.1, 0.15) is 0 Å². The highest BCUT2D eigenvalue weighted by Crippen LogP contribution is 2.36. The highest BCUT2D eigenvalue weighted by atomic mass is 79.9. The van der Waals surface area contributed by atoms with Crippen molar-refractivity contribution in [1.82, 2.24) is 0 Å². The molecule has 0 heterocycles. The van der Waals surface area contributed by atoms with Crippen LogP contribution in [-0.2, 0) is 0 Å². The van der Waals surface area contributed by atoms with Gasteiger partial charge in [0.25, 0.3) is 0 Å². The fourth-order valence-electron chi connectivity index (χ4n) is 2.20. The van der Waals surface area contributed by atoms with E-state index in [0.717, 1.165) is 15.8 Å². The maximum Gasteiger partial charge on any atom is 0.0475 e. The van der Waals surface area contributed by atoms with Crippen LogP contribution in [0.5, 0.6) is 0 Å². The molecule has 0 atom stereocenters. The Morgan fingerprint density at radius 1 is 0.650 bits per heavy atom. The summed E-state index contributed by atoms with van der Waals surface area (Å²) in [5.74, 6) is 0. The summed E-state index contributed by atoms with van der Waals surface area (Å²) in [5.41, 5.74) is 4.55. The van der Waals surface area contributed by atoms with E-state index in [0.29, 0.717) is 0 Å². The maximum absolute atomic E-state index is 3.66. The maximum atomic E-state index is 3.66. The van der Waals surface area contributed by atoms with Gasteiger partial charge in [-0.15, -0.1) is 0 Å². The quantitative estimate of drug-likeness (QED) is 0.636. The number of para-hydroxylation sites is 1. The molecule has 20 heavy (non-hydrogen) atoms. The number of hydrogen-bond acceptors (Lipinski definition) is 1. The molecule has 0 bridgehead atoms. The van der Waals surface area contributed by atoms with E-state index in [-0.39, 0.29) is 0 Å². The molecular weight excluding hydrogens is 310 g/mol. The minimum absolute atomic E-state index is 1.09. The molecule has 0 aromatic heterocycles. The number of anilines is 2. The van der Waals surface area contributed by atoms with Crippen LogP contribution < -0.4 is 5.32 Å². The second-order valence-corrected chi connectivity index (χ2v) is 5.37. The van der Waals surface area contributed by atoms with Gasteiger partial charge in [-0.1, -0.05) is 70.5 Å². The first-order valence-corrected chi connectivity index (χ1v) is 7.30. The zero-order chi connectivity index (χ0) is 13.8. The normalized spacial score (nSPS) is 10.2. The summed E-state index contributed by atoms with van der Waals surface area (Å²) in [4.78, 5) is 0. The van der Waals surface area contributed by atoms with Gasteiger partial charge in [-0.25, -0.2) is 0 Å². The van der Waals surface area contributed by atoms with Gasteiger partial charge in [0.05, 0.1) is 0 Å². The topological polar surface area (TPSA) is 12.0 Å². The summed E-state index contributed by atoms with van der Waals surface area (Å²) < 4.78 is 1.09. The van der Waals surface area contributed by atoms with E-state index < -0.39 is 0 Å². The molecule has 0 radical (unpaired) electrons. The van der Waals surface area contributed by atoms with E-state index in [9.17, 15) is 0 Å². The molecule has 0 aliphatic rings. The summed E-state index contributed by atoms with van der Waals surface area (Å²) in [6.45, 7) is 0. The molecule has 0 spiro atoms. The highest BCUT2D eigenvalue weighted by molar-refractivity contribution is 9.10. The van der Waals surface area contributed by atoms with Crippen LogP contribution in [0.4, 0.5) is 11.4 Å². The molecule has 3 rings (SSSR count). The smallest absolute Gasteiger partial charge is 0.0475 e. The Morgan fingerprint density at radius 2 is 1.30 bits per heavy atom. The third-order valence-electron chi connectivity index (χ3n) is 3.13. The fourth-order valence-corrected chi connectivity index (χ4v) is 2.80. The van der Waals surface area contributed by atoms with Crippen LogP contribution in [0.3, 0.4) is 0 Å².